The van der Waals surface area contributed by atoms with Gasteiger partial charge >= 0.3 is 0 Å². The van der Waals surface area contributed by atoms with Gasteiger partial charge in [0.1, 0.15) is 18.1 Å². The summed E-state index contributed by atoms with van der Waals surface area (Å²) in [5.41, 5.74) is 0.708. The highest BCUT2D eigenvalue weighted by Crippen LogP contribution is 2.17. The molecule has 0 amide bonds. The van der Waals surface area contributed by atoms with E-state index < -0.39 is 6.04 Å². The van der Waals surface area contributed by atoms with E-state index >= 15 is 0 Å². The SMILES string of the molecule is COc1ccc(N=NC(C)C=O)cc1. The lowest BCUT2D eigenvalue weighted by Gasteiger charge is -1.98. The molecule has 0 spiro atoms. The lowest BCUT2D eigenvalue weighted by molar-refractivity contribution is -0.108. The van der Waals surface area contributed by atoms with E-state index in [-0.39, 0.29) is 0 Å². The molecule has 1 rings (SSSR count). The van der Waals surface area contributed by atoms with Gasteiger partial charge in [0.25, 0.3) is 0 Å². The standard InChI is InChI=1S/C10H12N2O2/c1-8(7-13)11-12-9-3-5-10(14-2)6-4-9/h3-8H,1-2H3. The van der Waals surface area contributed by atoms with Gasteiger partial charge in [0.15, 0.2) is 0 Å². The number of aldehydes is 1. The van der Waals surface area contributed by atoms with E-state index in [1.54, 1.807) is 38.3 Å². The second-order valence-electron chi connectivity index (χ2n) is 2.79. The highest BCUT2D eigenvalue weighted by molar-refractivity contribution is 5.56. The minimum atomic E-state index is -0.392. The smallest absolute Gasteiger partial charge is 0.146 e. The van der Waals surface area contributed by atoms with Crippen LogP contribution in [0.4, 0.5) is 5.69 Å². The molecule has 74 valence electrons. The first-order valence-electron chi connectivity index (χ1n) is 4.26. The fraction of sp³-hybridized carbons (Fsp3) is 0.300. The van der Waals surface area contributed by atoms with Gasteiger partial charge in [-0.1, -0.05) is 0 Å². The highest BCUT2D eigenvalue weighted by atomic mass is 16.5. The van der Waals surface area contributed by atoms with Crippen LogP contribution in [0.2, 0.25) is 0 Å². The van der Waals surface area contributed by atoms with Crippen LogP contribution in [0.25, 0.3) is 0 Å². The molecule has 1 unspecified atom stereocenters. The van der Waals surface area contributed by atoms with Crippen molar-refractivity contribution < 1.29 is 9.53 Å². The Morgan fingerprint density at radius 3 is 2.50 bits per heavy atom. The fourth-order valence-corrected chi connectivity index (χ4v) is 0.834. The number of hydrogen-bond donors (Lipinski definition) is 0. The molecule has 0 bridgehead atoms. The molecule has 4 nitrogen and oxygen atoms in total. The van der Waals surface area contributed by atoms with Crippen molar-refractivity contribution in [2.45, 2.75) is 13.0 Å². The Balaban J connectivity index is 2.68. The number of nitrogens with zero attached hydrogens (tertiary/aromatic N) is 2. The summed E-state index contributed by atoms with van der Waals surface area (Å²) in [4.78, 5) is 10.3. The van der Waals surface area contributed by atoms with E-state index in [0.29, 0.717) is 5.69 Å². The van der Waals surface area contributed by atoms with Crippen LogP contribution < -0.4 is 4.74 Å². The van der Waals surface area contributed by atoms with Gasteiger partial charge in [-0.15, -0.1) is 0 Å². The van der Waals surface area contributed by atoms with Crippen molar-refractivity contribution in [2.24, 2.45) is 10.2 Å². The number of rotatable bonds is 4. The molecule has 0 radical (unpaired) electrons. The van der Waals surface area contributed by atoms with Crippen LogP contribution in [0.3, 0.4) is 0 Å². The van der Waals surface area contributed by atoms with Crippen molar-refractivity contribution in [1.82, 2.24) is 0 Å². The summed E-state index contributed by atoms with van der Waals surface area (Å²) in [5.74, 6) is 0.771. The normalized spacial score (nSPS) is 12.7. The second-order valence-corrected chi connectivity index (χ2v) is 2.79. The number of methoxy groups -OCH3 is 1. The summed E-state index contributed by atoms with van der Waals surface area (Å²) < 4.78 is 4.99. The Morgan fingerprint density at radius 1 is 1.36 bits per heavy atom. The molecule has 0 saturated carbocycles. The van der Waals surface area contributed by atoms with Crippen LogP contribution in [-0.2, 0) is 4.79 Å². The van der Waals surface area contributed by atoms with Gasteiger partial charge in [-0.05, 0) is 31.2 Å². The van der Waals surface area contributed by atoms with Gasteiger partial charge in [-0.2, -0.15) is 10.2 Å². The fourth-order valence-electron chi connectivity index (χ4n) is 0.834. The molecule has 0 N–H and O–H groups in total. The number of hydrogen-bond acceptors (Lipinski definition) is 4. The summed E-state index contributed by atoms with van der Waals surface area (Å²) in [6.45, 7) is 1.68. The maximum atomic E-state index is 10.3. The van der Waals surface area contributed by atoms with Crippen LogP contribution in [0.15, 0.2) is 34.5 Å². The predicted molar refractivity (Wildman–Crippen MR) is 53.0 cm³/mol. The van der Waals surface area contributed by atoms with Crippen molar-refractivity contribution >= 4 is 12.0 Å². The summed E-state index contributed by atoms with van der Waals surface area (Å²) >= 11 is 0. The summed E-state index contributed by atoms with van der Waals surface area (Å²) in [7, 11) is 1.60. The topological polar surface area (TPSA) is 51.0 Å². The first-order valence-corrected chi connectivity index (χ1v) is 4.26. The van der Waals surface area contributed by atoms with E-state index in [4.69, 9.17) is 4.74 Å². The lowest BCUT2D eigenvalue weighted by atomic mass is 10.3. The van der Waals surface area contributed by atoms with Crippen LogP contribution in [0, 0.1) is 0 Å². The molecule has 0 aliphatic rings. The van der Waals surface area contributed by atoms with Crippen molar-refractivity contribution in [3.63, 3.8) is 0 Å². The van der Waals surface area contributed by atoms with E-state index in [1.807, 2.05) is 0 Å². The van der Waals surface area contributed by atoms with E-state index in [2.05, 4.69) is 10.2 Å². The zero-order chi connectivity index (χ0) is 10.4. The van der Waals surface area contributed by atoms with Gasteiger partial charge in [0, 0.05) is 0 Å². The average Bonchev–Trinajstić information content (AvgIpc) is 2.26. The van der Waals surface area contributed by atoms with Crippen LogP contribution in [0.5, 0.6) is 5.75 Å². The number of carbonyl (C=O) groups is 1. The number of benzene rings is 1. The molecule has 0 aromatic heterocycles. The van der Waals surface area contributed by atoms with Gasteiger partial charge in [-0.3, -0.25) is 0 Å². The molecule has 1 atom stereocenters. The molecule has 1 aromatic rings. The van der Waals surface area contributed by atoms with Crippen molar-refractivity contribution in [3.8, 4) is 5.75 Å². The molecule has 4 heteroatoms. The Labute approximate surface area is 82.6 Å². The Hall–Kier alpha value is -1.71. The first kappa shape index (κ1) is 10.4. The molecular weight excluding hydrogens is 180 g/mol. The van der Waals surface area contributed by atoms with Gasteiger partial charge < -0.3 is 9.53 Å². The summed E-state index contributed by atoms with van der Waals surface area (Å²) in [6.07, 6.45) is 0.743. The number of carbonyl (C=O) groups excluding carboxylic acids is 1. The van der Waals surface area contributed by atoms with Crippen LogP contribution in [-0.4, -0.2) is 19.4 Å². The molecule has 0 heterocycles. The average molecular weight is 192 g/mol. The first-order chi connectivity index (χ1) is 6.76. The largest absolute Gasteiger partial charge is 0.497 e. The minimum absolute atomic E-state index is 0.392. The summed E-state index contributed by atoms with van der Waals surface area (Å²) in [5, 5.41) is 7.68. The number of ether oxygens (including phenoxy) is 1. The zero-order valence-electron chi connectivity index (χ0n) is 8.18. The summed E-state index contributed by atoms with van der Waals surface area (Å²) in [6, 6.07) is 6.75. The van der Waals surface area contributed by atoms with E-state index in [0.717, 1.165) is 12.0 Å². The molecule has 0 aliphatic heterocycles. The zero-order valence-corrected chi connectivity index (χ0v) is 8.18. The quantitative estimate of drug-likeness (QED) is 0.543. The molecule has 0 aliphatic carbocycles. The third kappa shape index (κ3) is 2.97. The lowest BCUT2D eigenvalue weighted by Crippen LogP contribution is -1.95. The van der Waals surface area contributed by atoms with Crippen molar-refractivity contribution in [3.05, 3.63) is 24.3 Å². The van der Waals surface area contributed by atoms with Crippen molar-refractivity contribution in [1.29, 1.82) is 0 Å². The Bertz CT molecular complexity index is 319. The third-order valence-electron chi connectivity index (χ3n) is 1.62. The van der Waals surface area contributed by atoms with Crippen LogP contribution in [0.1, 0.15) is 6.92 Å². The Morgan fingerprint density at radius 2 is 2.00 bits per heavy atom. The van der Waals surface area contributed by atoms with E-state index in [9.17, 15) is 4.79 Å². The molecule has 14 heavy (non-hydrogen) atoms. The minimum Gasteiger partial charge on any atom is -0.497 e. The predicted octanol–water partition coefficient (Wildman–Crippen LogP) is 2.37. The monoisotopic (exact) mass is 192 g/mol. The van der Waals surface area contributed by atoms with Gasteiger partial charge in [0.05, 0.1) is 12.8 Å². The second kappa shape index (κ2) is 5.11. The molecule has 0 fully saturated rings. The molecular formula is C10H12N2O2. The maximum absolute atomic E-state index is 10.3. The maximum Gasteiger partial charge on any atom is 0.146 e. The highest BCUT2D eigenvalue weighted by Gasteiger charge is 1.95. The molecule has 1 aromatic carbocycles. The van der Waals surface area contributed by atoms with Gasteiger partial charge in [-0.25, -0.2) is 0 Å². The van der Waals surface area contributed by atoms with Crippen molar-refractivity contribution in [2.75, 3.05) is 7.11 Å². The van der Waals surface area contributed by atoms with Crippen LogP contribution >= 0.6 is 0 Å². The third-order valence-corrected chi connectivity index (χ3v) is 1.62. The Kier molecular flexibility index (Phi) is 3.79. The van der Waals surface area contributed by atoms with Gasteiger partial charge in [0.2, 0.25) is 0 Å². The number of azo groups is 1. The van der Waals surface area contributed by atoms with E-state index in [1.165, 1.54) is 0 Å². The molecule has 0 saturated heterocycles.